The molecular formula is C20H19NO3. The number of amides is 1. The second-order valence-electron chi connectivity index (χ2n) is 5.49. The third-order valence-corrected chi connectivity index (χ3v) is 3.74. The molecule has 0 spiro atoms. The van der Waals surface area contributed by atoms with Gasteiger partial charge >= 0.3 is 0 Å². The molecular weight excluding hydrogens is 302 g/mol. The van der Waals surface area contributed by atoms with Gasteiger partial charge in [0.2, 0.25) is 0 Å². The van der Waals surface area contributed by atoms with Crippen molar-refractivity contribution >= 4 is 22.4 Å². The number of nitrogens with one attached hydrogen (secondary N) is 1. The molecule has 0 saturated carbocycles. The molecule has 1 N–H and O–H groups in total. The second kappa shape index (κ2) is 7.04. The maximum Gasteiger partial charge on any atom is 0.265 e. The lowest BCUT2D eigenvalue weighted by molar-refractivity contribution is -0.122. The highest BCUT2D eigenvalue weighted by Gasteiger charge is 2.15. The largest absolute Gasteiger partial charge is 0.497 e. The van der Waals surface area contributed by atoms with Crippen molar-refractivity contribution in [3.05, 3.63) is 66.7 Å². The highest BCUT2D eigenvalue weighted by atomic mass is 16.5. The smallest absolute Gasteiger partial charge is 0.265 e. The Morgan fingerprint density at radius 2 is 1.58 bits per heavy atom. The van der Waals surface area contributed by atoms with E-state index in [1.165, 1.54) is 0 Å². The van der Waals surface area contributed by atoms with Crippen LogP contribution in [0.4, 0.5) is 5.69 Å². The Hall–Kier alpha value is -3.01. The number of rotatable bonds is 5. The zero-order valence-electron chi connectivity index (χ0n) is 13.7. The molecule has 0 heterocycles. The number of carbonyl (C=O) groups excluding carboxylic acids is 1. The van der Waals surface area contributed by atoms with Gasteiger partial charge in [0.15, 0.2) is 6.10 Å². The molecule has 0 aromatic heterocycles. The number of para-hydroxylation sites is 1. The Bertz CT molecular complexity index is 846. The first-order valence-electron chi connectivity index (χ1n) is 7.76. The summed E-state index contributed by atoms with van der Waals surface area (Å²) in [7, 11) is 1.64. The molecule has 0 unspecified atom stereocenters. The first-order valence-corrected chi connectivity index (χ1v) is 7.76. The number of anilines is 1. The average molecular weight is 321 g/mol. The number of hydrogen-bond acceptors (Lipinski definition) is 3. The summed E-state index contributed by atoms with van der Waals surface area (Å²) in [5, 5.41) is 4.92. The summed E-state index contributed by atoms with van der Waals surface area (Å²) >= 11 is 0. The molecule has 4 nitrogen and oxygen atoms in total. The van der Waals surface area contributed by atoms with E-state index in [2.05, 4.69) is 5.32 Å². The van der Waals surface area contributed by atoms with Crippen molar-refractivity contribution in [2.75, 3.05) is 12.4 Å². The molecule has 0 aliphatic carbocycles. The number of benzene rings is 3. The first kappa shape index (κ1) is 15.9. The van der Waals surface area contributed by atoms with E-state index in [-0.39, 0.29) is 5.91 Å². The van der Waals surface area contributed by atoms with Crippen LogP contribution in [0.2, 0.25) is 0 Å². The van der Waals surface area contributed by atoms with Crippen LogP contribution in [0.1, 0.15) is 6.92 Å². The van der Waals surface area contributed by atoms with Gasteiger partial charge in [0.05, 0.1) is 7.11 Å². The van der Waals surface area contributed by atoms with Crippen LogP contribution in [0.25, 0.3) is 10.8 Å². The zero-order chi connectivity index (χ0) is 16.9. The van der Waals surface area contributed by atoms with E-state index in [0.29, 0.717) is 5.75 Å². The van der Waals surface area contributed by atoms with E-state index < -0.39 is 6.10 Å². The van der Waals surface area contributed by atoms with Crippen molar-refractivity contribution in [3.8, 4) is 11.5 Å². The van der Waals surface area contributed by atoms with Gasteiger partial charge < -0.3 is 14.8 Å². The van der Waals surface area contributed by atoms with Crippen molar-refractivity contribution in [2.45, 2.75) is 13.0 Å². The van der Waals surface area contributed by atoms with E-state index in [0.717, 1.165) is 22.2 Å². The lowest BCUT2D eigenvalue weighted by Crippen LogP contribution is -2.30. The van der Waals surface area contributed by atoms with Crippen molar-refractivity contribution in [3.63, 3.8) is 0 Å². The molecule has 0 radical (unpaired) electrons. The topological polar surface area (TPSA) is 47.6 Å². The molecule has 122 valence electrons. The van der Waals surface area contributed by atoms with Crippen LogP contribution in [-0.4, -0.2) is 19.1 Å². The fraction of sp³-hybridized carbons (Fsp3) is 0.150. The Kier molecular flexibility index (Phi) is 4.66. The van der Waals surface area contributed by atoms with Gasteiger partial charge in [-0.15, -0.1) is 0 Å². The van der Waals surface area contributed by atoms with Crippen LogP contribution in [0.3, 0.4) is 0 Å². The second-order valence-corrected chi connectivity index (χ2v) is 5.49. The number of fused-ring (bicyclic) bond motifs is 1. The summed E-state index contributed by atoms with van der Waals surface area (Å²) in [5.74, 6) is 1.24. The van der Waals surface area contributed by atoms with Gasteiger partial charge in [-0.3, -0.25) is 4.79 Å². The fourth-order valence-electron chi connectivity index (χ4n) is 2.43. The molecule has 3 rings (SSSR count). The Morgan fingerprint density at radius 3 is 2.29 bits per heavy atom. The molecule has 1 amide bonds. The SMILES string of the molecule is COc1ccc2ccc(O[C@H](C)C(=O)Nc3ccccc3)cc2c1. The van der Waals surface area contributed by atoms with Crippen molar-refractivity contribution in [1.82, 2.24) is 0 Å². The molecule has 4 heteroatoms. The maximum atomic E-state index is 12.2. The highest BCUT2D eigenvalue weighted by molar-refractivity contribution is 5.94. The summed E-state index contributed by atoms with van der Waals surface area (Å²) in [6.07, 6.45) is -0.603. The summed E-state index contributed by atoms with van der Waals surface area (Å²) in [5.41, 5.74) is 0.751. The van der Waals surface area contributed by atoms with Crippen LogP contribution in [0, 0.1) is 0 Å². The molecule has 3 aromatic carbocycles. The molecule has 0 saturated heterocycles. The van der Waals surface area contributed by atoms with Crippen LogP contribution < -0.4 is 14.8 Å². The van der Waals surface area contributed by atoms with Crippen molar-refractivity contribution in [2.24, 2.45) is 0 Å². The predicted octanol–water partition coefficient (Wildman–Crippen LogP) is 4.25. The van der Waals surface area contributed by atoms with Crippen LogP contribution in [-0.2, 0) is 4.79 Å². The van der Waals surface area contributed by atoms with E-state index in [4.69, 9.17) is 9.47 Å². The molecule has 0 bridgehead atoms. The first-order chi connectivity index (χ1) is 11.7. The quantitative estimate of drug-likeness (QED) is 0.764. The molecule has 24 heavy (non-hydrogen) atoms. The summed E-state index contributed by atoms with van der Waals surface area (Å²) in [4.78, 5) is 12.2. The predicted molar refractivity (Wildman–Crippen MR) is 95.7 cm³/mol. The molecule has 3 aromatic rings. The summed E-state index contributed by atoms with van der Waals surface area (Å²) in [6, 6.07) is 20.9. The van der Waals surface area contributed by atoms with Crippen molar-refractivity contribution < 1.29 is 14.3 Å². The van der Waals surface area contributed by atoms with E-state index in [1.807, 2.05) is 66.7 Å². The average Bonchev–Trinajstić information content (AvgIpc) is 2.61. The highest BCUT2D eigenvalue weighted by Crippen LogP contribution is 2.25. The minimum Gasteiger partial charge on any atom is -0.497 e. The van der Waals surface area contributed by atoms with Gasteiger partial charge in [-0.1, -0.05) is 30.3 Å². The van der Waals surface area contributed by atoms with Crippen LogP contribution >= 0.6 is 0 Å². The lowest BCUT2D eigenvalue weighted by Gasteiger charge is -2.15. The van der Waals surface area contributed by atoms with Crippen LogP contribution in [0.15, 0.2) is 66.7 Å². The zero-order valence-corrected chi connectivity index (χ0v) is 13.7. The molecule has 0 aliphatic rings. The minimum absolute atomic E-state index is 0.188. The third-order valence-electron chi connectivity index (χ3n) is 3.74. The molecule has 0 aliphatic heterocycles. The van der Waals surface area contributed by atoms with E-state index in [1.54, 1.807) is 14.0 Å². The Morgan fingerprint density at radius 1 is 0.917 bits per heavy atom. The van der Waals surface area contributed by atoms with Gasteiger partial charge in [0.1, 0.15) is 11.5 Å². The van der Waals surface area contributed by atoms with E-state index >= 15 is 0 Å². The minimum atomic E-state index is -0.603. The van der Waals surface area contributed by atoms with Gasteiger partial charge in [0, 0.05) is 5.69 Å². The Balaban J connectivity index is 1.72. The number of hydrogen-bond donors (Lipinski definition) is 1. The van der Waals surface area contributed by atoms with Crippen molar-refractivity contribution in [1.29, 1.82) is 0 Å². The number of methoxy groups -OCH3 is 1. The molecule has 0 fully saturated rings. The number of ether oxygens (including phenoxy) is 2. The van der Waals surface area contributed by atoms with Crippen LogP contribution in [0.5, 0.6) is 11.5 Å². The van der Waals surface area contributed by atoms with Gasteiger partial charge in [-0.05, 0) is 54.1 Å². The summed E-state index contributed by atoms with van der Waals surface area (Å²) < 4.78 is 11.0. The monoisotopic (exact) mass is 321 g/mol. The van der Waals surface area contributed by atoms with Gasteiger partial charge in [-0.25, -0.2) is 0 Å². The van der Waals surface area contributed by atoms with Gasteiger partial charge in [0.25, 0.3) is 5.91 Å². The Labute approximate surface area is 141 Å². The van der Waals surface area contributed by atoms with Gasteiger partial charge in [-0.2, -0.15) is 0 Å². The fourth-order valence-corrected chi connectivity index (χ4v) is 2.43. The third kappa shape index (κ3) is 3.66. The number of carbonyl (C=O) groups is 1. The maximum absolute atomic E-state index is 12.2. The summed E-state index contributed by atoms with van der Waals surface area (Å²) in [6.45, 7) is 1.73. The lowest BCUT2D eigenvalue weighted by atomic mass is 10.1. The standard InChI is InChI=1S/C20H19NO3/c1-14(20(22)21-17-6-4-3-5-7-17)24-19-11-9-15-8-10-18(23-2)12-16(15)13-19/h3-14H,1-2H3,(H,21,22)/t14-/m1/s1. The normalized spacial score (nSPS) is 11.8. The molecule has 1 atom stereocenters. The van der Waals surface area contributed by atoms with E-state index in [9.17, 15) is 4.79 Å².